The van der Waals surface area contributed by atoms with Gasteiger partial charge >= 0.3 is 0 Å². The topological polar surface area (TPSA) is 89.5 Å². The van der Waals surface area contributed by atoms with Crippen molar-refractivity contribution in [1.29, 1.82) is 0 Å². The highest BCUT2D eigenvalue weighted by Crippen LogP contribution is 2.27. The number of morpholine rings is 1. The number of hydrogen-bond donors (Lipinski definition) is 1. The number of hydrogen-bond acceptors (Lipinski definition) is 7. The molecule has 0 unspecified atom stereocenters. The molecule has 1 fully saturated rings. The summed E-state index contributed by atoms with van der Waals surface area (Å²) in [5.74, 6) is 0.122. The van der Waals surface area contributed by atoms with Crippen LogP contribution in [0.3, 0.4) is 0 Å². The van der Waals surface area contributed by atoms with E-state index in [1.165, 1.54) is 6.33 Å². The molecular formula is C22H22Cl3N5O3. The molecule has 0 aliphatic carbocycles. The normalized spacial score (nSPS) is 13.8. The SMILES string of the molecule is Cl.O=C(Nc1ccc(OCCN2CCOCC2)nc1)c1cc(-c2ccc(Cl)c(Cl)c2)ncn1. The van der Waals surface area contributed by atoms with Crippen LogP contribution in [0, 0.1) is 0 Å². The van der Waals surface area contributed by atoms with Gasteiger partial charge in [-0.3, -0.25) is 9.69 Å². The highest BCUT2D eigenvalue weighted by Gasteiger charge is 2.12. The number of rotatable bonds is 7. The Bertz CT molecular complexity index is 1080. The van der Waals surface area contributed by atoms with Gasteiger partial charge in [0.2, 0.25) is 5.88 Å². The van der Waals surface area contributed by atoms with Crippen LogP contribution in [0.25, 0.3) is 11.3 Å². The molecule has 1 aliphatic rings. The maximum Gasteiger partial charge on any atom is 0.274 e. The minimum atomic E-state index is -0.378. The zero-order valence-corrected chi connectivity index (χ0v) is 19.9. The Balaban J connectivity index is 0.00000306. The zero-order valence-electron chi connectivity index (χ0n) is 17.5. The van der Waals surface area contributed by atoms with Crippen LogP contribution in [-0.4, -0.2) is 65.2 Å². The van der Waals surface area contributed by atoms with E-state index in [-0.39, 0.29) is 24.0 Å². The van der Waals surface area contributed by atoms with Gasteiger partial charge in [-0.1, -0.05) is 29.3 Å². The van der Waals surface area contributed by atoms with Gasteiger partial charge in [0.15, 0.2) is 0 Å². The molecule has 1 amide bonds. The first-order valence-electron chi connectivity index (χ1n) is 10.1. The van der Waals surface area contributed by atoms with Crippen molar-refractivity contribution in [1.82, 2.24) is 19.9 Å². The van der Waals surface area contributed by atoms with Crippen molar-refractivity contribution in [3.8, 4) is 17.1 Å². The summed E-state index contributed by atoms with van der Waals surface area (Å²) < 4.78 is 11.0. The summed E-state index contributed by atoms with van der Waals surface area (Å²) in [5.41, 5.74) is 2.04. The first kappa shape index (κ1) is 25.1. The van der Waals surface area contributed by atoms with E-state index in [0.29, 0.717) is 33.9 Å². The number of nitrogens with one attached hydrogen (secondary N) is 1. The lowest BCUT2D eigenvalue weighted by Crippen LogP contribution is -2.38. The van der Waals surface area contributed by atoms with Gasteiger partial charge in [0, 0.05) is 31.3 Å². The number of amides is 1. The predicted octanol–water partition coefficient (Wildman–Crippen LogP) is 4.23. The number of anilines is 1. The second-order valence-corrected chi connectivity index (χ2v) is 7.87. The van der Waals surface area contributed by atoms with E-state index in [2.05, 4.69) is 25.2 Å². The number of carbonyl (C=O) groups is 1. The van der Waals surface area contributed by atoms with E-state index >= 15 is 0 Å². The lowest BCUT2D eigenvalue weighted by molar-refractivity contribution is 0.0320. The third-order valence-electron chi connectivity index (χ3n) is 4.87. The van der Waals surface area contributed by atoms with Gasteiger partial charge in [-0.2, -0.15) is 0 Å². The summed E-state index contributed by atoms with van der Waals surface area (Å²) in [6.45, 7) is 4.70. The van der Waals surface area contributed by atoms with Gasteiger partial charge in [0.25, 0.3) is 5.91 Å². The summed E-state index contributed by atoms with van der Waals surface area (Å²) in [5, 5.41) is 3.63. The fourth-order valence-electron chi connectivity index (χ4n) is 3.13. The molecule has 4 rings (SSSR count). The van der Waals surface area contributed by atoms with Crippen LogP contribution in [-0.2, 0) is 4.74 Å². The van der Waals surface area contributed by atoms with Crippen molar-refractivity contribution in [2.45, 2.75) is 0 Å². The first-order valence-corrected chi connectivity index (χ1v) is 10.8. The van der Waals surface area contributed by atoms with Crippen LogP contribution in [0.15, 0.2) is 48.9 Å². The molecule has 2 aromatic heterocycles. The van der Waals surface area contributed by atoms with E-state index in [1.54, 1.807) is 42.6 Å². The Morgan fingerprint density at radius 3 is 2.61 bits per heavy atom. The summed E-state index contributed by atoms with van der Waals surface area (Å²) in [7, 11) is 0. The molecule has 0 bridgehead atoms. The Hall–Kier alpha value is -2.49. The van der Waals surface area contributed by atoms with Gasteiger partial charge < -0.3 is 14.8 Å². The minimum absolute atomic E-state index is 0. The fraction of sp³-hybridized carbons (Fsp3) is 0.273. The van der Waals surface area contributed by atoms with Crippen LogP contribution in [0.1, 0.15) is 10.5 Å². The Morgan fingerprint density at radius 1 is 1.06 bits per heavy atom. The van der Waals surface area contributed by atoms with Crippen molar-refractivity contribution in [2.75, 3.05) is 44.8 Å². The molecule has 0 radical (unpaired) electrons. The monoisotopic (exact) mass is 509 g/mol. The lowest BCUT2D eigenvalue weighted by Gasteiger charge is -2.26. The molecule has 0 atom stereocenters. The third-order valence-corrected chi connectivity index (χ3v) is 5.61. The Labute approximate surface area is 207 Å². The molecule has 3 heterocycles. The maximum atomic E-state index is 12.6. The maximum absolute atomic E-state index is 12.6. The third kappa shape index (κ3) is 6.99. The smallest absolute Gasteiger partial charge is 0.274 e. The average Bonchev–Trinajstić information content (AvgIpc) is 2.83. The fourth-order valence-corrected chi connectivity index (χ4v) is 3.43. The quantitative estimate of drug-likeness (QED) is 0.509. The van der Waals surface area contributed by atoms with Gasteiger partial charge in [-0.25, -0.2) is 15.0 Å². The van der Waals surface area contributed by atoms with Crippen molar-refractivity contribution in [2.24, 2.45) is 0 Å². The van der Waals surface area contributed by atoms with Crippen LogP contribution < -0.4 is 10.1 Å². The molecule has 8 nitrogen and oxygen atoms in total. The van der Waals surface area contributed by atoms with Crippen LogP contribution in [0.5, 0.6) is 5.88 Å². The molecule has 1 saturated heterocycles. The van der Waals surface area contributed by atoms with Gasteiger partial charge in [-0.05, 0) is 24.3 Å². The Morgan fingerprint density at radius 2 is 1.88 bits per heavy atom. The molecule has 1 aliphatic heterocycles. The van der Waals surface area contributed by atoms with E-state index in [0.717, 1.165) is 38.4 Å². The minimum Gasteiger partial charge on any atom is -0.476 e. The van der Waals surface area contributed by atoms with E-state index in [4.69, 9.17) is 32.7 Å². The summed E-state index contributed by atoms with van der Waals surface area (Å²) in [6.07, 6.45) is 2.87. The highest BCUT2D eigenvalue weighted by molar-refractivity contribution is 6.42. The number of halogens is 3. The molecule has 0 spiro atoms. The van der Waals surface area contributed by atoms with E-state index in [9.17, 15) is 4.79 Å². The van der Waals surface area contributed by atoms with Gasteiger partial charge in [-0.15, -0.1) is 12.4 Å². The second-order valence-electron chi connectivity index (χ2n) is 7.06. The van der Waals surface area contributed by atoms with Crippen molar-refractivity contribution in [3.05, 3.63) is 64.7 Å². The van der Waals surface area contributed by atoms with Crippen LogP contribution >= 0.6 is 35.6 Å². The number of aromatic nitrogens is 3. The second kappa shape index (κ2) is 12.1. The van der Waals surface area contributed by atoms with E-state index in [1.807, 2.05) is 0 Å². The number of ether oxygens (including phenoxy) is 2. The Kier molecular flexibility index (Phi) is 9.22. The lowest BCUT2D eigenvalue weighted by atomic mass is 10.1. The summed E-state index contributed by atoms with van der Waals surface area (Å²) >= 11 is 12.0. The van der Waals surface area contributed by atoms with Crippen molar-refractivity contribution in [3.63, 3.8) is 0 Å². The van der Waals surface area contributed by atoms with Gasteiger partial charge in [0.05, 0.1) is 40.8 Å². The largest absolute Gasteiger partial charge is 0.476 e. The zero-order chi connectivity index (χ0) is 22.3. The predicted molar refractivity (Wildman–Crippen MR) is 130 cm³/mol. The average molecular weight is 511 g/mol. The van der Waals surface area contributed by atoms with Crippen LogP contribution in [0.4, 0.5) is 5.69 Å². The molecule has 11 heteroatoms. The number of nitrogens with zero attached hydrogens (tertiary/aromatic N) is 4. The molecule has 1 aromatic carbocycles. The van der Waals surface area contributed by atoms with Crippen LogP contribution in [0.2, 0.25) is 10.0 Å². The van der Waals surface area contributed by atoms with Gasteiger partial charge in [0.1, 0.15) is 18.6 Å². The standard InChI is InChI=1S/C22H21Cl2N5O3.ClH/c23-17-3-1-15(11-18(17)24)19-12-20(27-14-26-19)22(30)28-16-2-4-21(25-13-16)32-10-7-29-5-8-31-9-6-29;/h1-4,11-14H,5-10H2,(H,28,30);1H. The number of pyridine rings is 1. The van der Waals surface area contributed by atoms with E-state index < -0.39 is 0 Å². The molecule has 174 valence electrons. The van der Waals surface area contributed by atoms with Crippen molar-refractivity contribution >= 4 is 47.2 Å². The summed E-state index contributed by atoms with van der Waals surface area (Å²) in [4.78, 5) is 27.4. The highest BCUT2D eigenvalue weighted by atomic mass is 35.5. The number of benzene rings is 1. The first-order chi connectivity index (χ1) is 15.6. The molecule has 3 aromatic rings. The molecule has 33 heavy (non-hydrogen) atoms. The molecular weight excluding hydrogens is 489 g/mol. The summed E-state index contributed by atoms with van der Waals surface area (Å²) in [6, 6.07) is 10.2. The molecule has 1 N–H and O–H groups in total. The van der Waals surface area contributed by atoms with Crippen molar-refractivity contribution < 1.29 is 14.3 Å². The molecule has 0 saturated carbocycles. The number of carbonyl (C=O) groups excluding carboxylic acids is 1.